The van der Waals surface area contributed by atoms with Gasteiger partial charge in [-0.15, -0.1) is 0 Å². The molecule has 0 aliphatic carbocycles. The lowest BCUT2D eigenvalue weighted by atomic mass is 10.0. The summed E-state index contributed by atoms with van der Waals surface area (Å²) in [6, 6.07) is 14.6. The Hall–Kier alpha value is -3.79. The van der Waals surface area contributed by atoms with Crippen LogP contribution in [0.4, 0.5) is 0 Å². The predicted molar refractivity (Wildman–Crippen MR) is 129 cm³/mol. The fourth-order valence-electron chi connectivity index (χ4n) is 3.01. The molecule has 0 atom stereocenters. The molecule has 34 heavy (non-hydrogen) atoms. The van der Waals surface area contributed by atoms with Crippen molar-refractivity contribution < 1.29 is 28.5 Å². The summed E-state index contributed by atoms with van der Waals surface area (Å²) < 4.78 is 21.6. The highest BCUT2D eigenvalue weighted by Crippen LogP contribution is 2.30. The minimum Gasteiger partial charge on any atom is -0.494 e. The molecule has 0 heterocycles. The minimum absolute atomic E-state index is 0.132. The van der Waals surface area contributed by atoms with E-state index in [1.807, 2.05) is 30.3 Å². The third-order valence-electron chi connectivity index (χ3n) is 4.76. The van der Waals surface area contributed by atoms with Crippen molar-refractivity contribution in [2.45, 2.75) is 46.5 Å². The van der Waals surface area contributed by atoms with Gasteiger partial charge in [-0.1, -0.05) is 32.0 Å². The normalized spacial score (nSPS) is 11.0. The van der Waals surface area contributed by atoms with Gasteiger partial charge in [-0.05, 0) is 67.7 Å². The highest BCUT2D eigenvalue weighted by Gasteiger charge is 2.14. The Kier molecular flexibility index (Phi) is 10.7. The summed E-state index contributed by atoms with van der Waals surface area (Å²) in [7, 11) is 0. The summed E-state index contributed by atoms with van der Waals surface area (Å²) in [5, 5.41) is 9.21. The van der Waals surface area contributed by atoms with Crippen LogP contribution in [0.25, 0.3) is 6.08 Å². The first-order valence-electron chi connectivity index (χ1n) is 11.4. The van der Waals surface area contributed by atoms with Crippen LogP contribution in [0.1, 0.15) is 57.6 Å². The fourth-order valence-corrected chi connectivity index (χ4v) is 3.01. The monoisotopic (exact) mass is 465 g/mol. The quantitative estimate of drug-likeness (QED) is 0.135. The highest BCUT2D eigenvalue weighted by atomic mass is 16.6. The van der Waals surface area contributed by atoms with Crippen molar-refractivity contribution in [3.63, 3.8) is 0 Å². The molecule has 7 nitrogen and oxygen atoms in total. The lowest BCUT2D eigenvalue weighted by molar-refractivity contribution is -0.138. The number of hydrogen-bond acceptors (Lipinski definition) is 7. The van der Waals surface area contributed by atoms with Crippen molar-refractivity contribution in [2.24, 2.45) is 0 Å². The number of carbonyl (C=O) groups excluding carboxylic acids is 2. The maximum absolute atomic E-state index is 12.3. The zero-order valence-electron chi connectivity index (χ0n) is 20.1. The number of hydrogen-bond donors (Lipinski definition) is 0. The highest BCUT2D eigenvalue weighted by molar-refractivity contribution is 5.98. The van der Waals surface area contributed by atoms with E-state index in [2.05, 4.69) is 13.8 Å². The molecule has 0 amide bonds. The molecule has 0 aliphatic heterocycles. The zero-order chi connectivity index (χ0) is 24.9. The molecule has 0 fully saturated rings. The Morgan fingerprint density at radius 1 is 1.00 bits per heavy atom. The van der Waals surface area contributed by atoms with Crippen molar-refractivity contribution in [1.82, 2.24) is 0 Å². The number of nitrogens with zero attached hydrogens (tertiary/aromatic N) is 1. The zero-order valence-corrected chi connectivity index (χ0v) is 20.1. The SMILES string of the molecule is CCOC(=O)/C(C#N)=C/c1ccc(OC(=O)CCCOc2ccc(C(C)C)cc2)c(OCC)c1. The van der Waals surface area contributed by atoms with Crippen LogP contribution in [0.2, 0.25) is 0 Å². The maximum atomic E-state index is 12.3. The van der Waals surface area contributed by atoms with Gasteiger partial charge >= 0.3 is 11.9 Å². The topological polar surface area (TPSA) is 94.9 Å². The minimum atomic E-state index is -0.698. The Bertz CT molecular complexity index is 1030. The van der Waals surface area contributed by atoms with Crippen molar-refractivity contribution in [2.75, 3.05) is 19.8 Å². The lowest BCUT2D eigenvalue weighted by Gasteiger charge is -2.12. The molecular weight excluding hydrogens is 434 g/mol. The first kappa shape index (κ1) is 26.5. The van der Waals surface area contributed by atoms with E-state index in [1.54, 1.807) is 32.0 Å². The van der Waals surface area contributed by atoms with Crippen molar-refractivity contribution in [1.29, 1.82) is 5.26 Å². The maximum Gasteiger partial charge on any atom is 0.348 e. The summed E-state index contributed by atoms with van der Waals surface area (Å²) in [4.78, 5) is 24.2. The summed E-state index contributed by atoms with van der Waals surface area (Å²) >= 11 is 0. The molecular formula is C27H31NO6. The number of ether oxygens (including phenoxy) is 4. The van der Waals surface area contributed by atoms with E-state index in [9.17, 15) is 14.9 Å². The number of benzene rings is 2. The Balaban J connectivity index is 1.95. The molecule has 0 aromatic heterocycles. The molecule has 7 heteroatoms. The molecule has 2 aromatic carbocycles. The average molecular weight is 466 g/mol. The Morgan fingerprint density at radius 3 is 2.35 bits per heavy atom. The summed E-state index contributed by atoms with van der Waals surface area (Å²) in [5.74, 6) is 0.723. The second-order valence-corrected chi connectivity index (χ2v) is 7.68. The molecule has 2 aromatic rings. The van der Waals surface area contributed by atoms with Gasteiger partial charge in [0.1, 0.15) is 17.4 Å². The third kappa shape index (κ3) is 8.28. The molecule has 0 radical (unpaired) electrons. The van der Waals surface area contributed by atoms with Gasteiger partial charge in [0.05, 0.1) is 19.8 Å². The van der Waals surface area contributed by atoms with E-state index in [0.717, 1.165) is 5.75 Å². The number of nitriles is 1. The van der Waals surface area contributed by atoms with E-state index >= 15 is 0 Å². The van der Waals surface area contributed by atoms with Crippen LogP contribution in [0, 0.1) is 11.3 Å². The Morgan fingerprint density at radius 2 is 1.74 bits per heavy atom. The van der Waals surface area contributed by atoms with Crippen LogP contribution < -0.4 is 14.2 Å². The lowest BCUT2D eigenvalue weighted by Crippen LogP contribution is -2.11. The van der Waals surface area contributed by atoms with Gasteiger partial charge in [-0.2, -0.15) is 5.26 Å². The average Bonchev–Trinajstić information content (AvgIpc) is 2.82. The van der Waals surface area contributed by atoms with E-state index in [0.29, 0.717) is 36.9 Å². The summed E-state index contributed by atoms with van der Waals surface area (Å²) in [6.07, 6.45) is 2.08. The molecule has 0 unspecified atom stereocenters. The van der Waals surface area contributed by atoms with E-state index in [1.165, 1.54) is 11.6 Å². The smallest absolute Gasteiger partial charge is 0.348 e. The van der Waals surface area contributed by atoms with E-state index in [4.69, 9.17) is 18.9 Å². The standard InChI is InChI=1S/C27H31NO6/c1-5-31-25-17-20(16-22(18-28)27(30)32-6-2)9-14-24(25)34-26(29)8-7-15-33-23-12-10-21(11-13-23)19(3)4/h9-14,16-17,19H,5-8,15H2,1-4H3/b22-16+. The fraction of sp³-hybridized carbons (Fsp3) is 0.370. The van der Waals surface area contributed by atoms with Crippen molar-refractivity contribution in [3.8, 4) is 23.3 Å². The van der Waals surface area contributed by atoms with Crippen molar-refractivity contribution >= 4 is 18.0 Å². The van der Waals surface area contributed by atoms with Crippen LogP contribution in [-0.4, -0.2) is 31.8 Å². The van der Waals surface area contributed by atoms with Gasteiger partial charge < -0.3 is 18.9 Å². The number of esters is 2. The van der Waals surface area contributed by atoms with Gasteiger partial charge in [0.15, 0.2) is 11.5 Å². The van der Waals surface area contributed by atoms with Gasteiger partial charge in [0, 0.05) is 6.42 Å². The van der Waals surface area contributed by atoms with Crippen molar-refractivity contribution in [3.05, 3.63) is 59.2 Å². The third-order valence-corrected chi connectivity index (χ3v) is 4.76. The molecule has 0 saturated heterocycles. The molecule has 2 rings (SSSR count). The van der Waals surface area contributed by atoms with Crippen LogP contribution in [0.3, 0.4) is 0 Å². The molecule has 0 N–H and O–H groups in total. The van der Waals surface area contributed by atoms with Crippen LogP contribution in [0.15, 0.2) is 48.0 Å². The van der Waals surface area contributed by atoms with E-state index in [-0.39, 0.29) is 24.4 Å². The van der Waals surface area contributed by atoms with Crippen LogP contribution in [-0.2, 0) is 14.3 Å². The number of rotatable bonds is 12. The van der Waals surface area contributed by atoms with Gasteiger partial charge in [-0.3, -0.25) is 4.79 Å². The van der Waals surface area contributed by atoms with E-state index < -0.39 is 11.9 Å². The molecule has 0 bridgehead atoms. The molecule has 0 spiro atoms. The van der Waals surface area contributed by atoms with Gasteiger partial charge in [0.25, 0.3) is 0 Å². The molecule has 0 aliphatic rings. The second-order valence-electron chi connectivity index (χ2n) is 7.68. The largest absolute Gasteiger partial charge is 0.494 e. The second kappa shape index (κ2) is 13.7. The molecule has 0 saturated carbocycles. The number of carbonyl (C=O) groups is 2. The summed E-state index contributed by atoms with van der Waals surface area (Å²) in [5.41, 5.74) is 1.66. The first-order chi connectivity index (χ1) is 16.4. The van der Waals surface area contributed by atoms with Gasteiger partial charge in [0.2, 0.25) is 0 Å². The van der Waals surface area contributed by atoms with Gasteiger partial charge in [-0.25, -0.2) is 4.79 Å². The predicted octanol–water partition coefficient (Wildman–Crippen LogP) is 5.44. The van der Waals surface area contributed by atoms with Crippen LogP contribution in [0.5, 0.6) is 17.2 Å². The first-order valence-corrected chi connectivity index (χ1v) is 11.4. The molecule has 180 valence electrons. The summed E-state index contributed by atoms with van der Waals surface area (Å²) in [6.45, 7) is 8.66. The Labute approximate surface area is 200 Å². The van der Waals surface area contributed by atoms with Crippen LogP contribution >= 0.6 is 0 Å².